The summed E-state index contributed by atoms with van der Waals surface area (Å²) < 4.78 is 50.6. The van der Waals surface area contributed by atoms with Gasteiger partial charge >= 0.3 is 25.7 Å². The van der Waals surface area contributed by atoms with Gasteiger partial charge in [-0.05, 0) is 57.6 Å². The lowest BCUT2D eigenvalue weighted by Gasteiger charge is -2.40. The van der Waals surface area contributed by atoms with Crippen LogP contribution >= 0.6 is 0 Å². The van der Waals surface area contributed by atoms with E-state index in [1.807, 2.05) is 58.4 Å². The molecule has 0 spiro atoms. The van der Waals surface area contributed by atoms with Crippen LogP contribution in [-0.4, -0.2) is 41.1 Å². The van der Waals surface area contributed by atoms with E-state index >= 15 is 0 Å². The highest BCUT2D eigenvalue weighted by molar-refractivity contribution is 6.93. The maximum Gasteiger partial charge on any atom is 0.322 e. The van der Waals surface area contributed by atoms with E-state index < -0.39 is 40.4 Å². The van der Waals surface area contributed by atoms with Gasteiger partial charge in [-0.3, -0.25) is 0 Å². The second kappa shape index (κ2) is 8.43. The third-order valence-corrected chi connectivity index (χ3v) is 18.4. The molecule has 0 heterocycles. The van der Waals surface area contributed by atoms with E-state index in [9.17, 15) is 8.78 Å². The van der Waals surface area contributed by atoms with Crippen molar-refractivity contribution in [3.05, 3.63) is 29.8 Å². The van der Waals surface area contributed by atoms with Crippen molar-refractivity contribution >= 4 is 39.2 Å². The number of alkyl halides is 2. The van der Waals surface area contributed by atoms with Gasteiger partial charge in [0.15, 0.2) is 0 Å². The Balaban J connectivity index is 2.94. The van der Waals surface area contributed by atoms with Crippen molar-refractivity contribution < 1.29 is 25.6 Å². The third kappa shape index (κ3) is 7.42. The Morgan fingerprint density at radius 1 is 0.769 bits per heavy atom. The monoisotopic (exact) mass is 438 g/mol. The first-order valence-electron chi connectivity index (χ1n) is 8.63. The number of hydrogen-bond acceptors (Lipinski definition) is 4. The van der Waals surface area contributed by atoms with Crippen molar-refractivity contribution in [1.82, 2.24) is 0 Å². The Morgan fingerprint density at radius 3 is 1.77 bits per heavy atom. The molecule has 0 aliphatic rings. The Morgan fingerprint density at radius 2 is 1.27 bits per heavy atom. The molecule has 0 amide bonds. The quantitative estimate of drug-likeness (QED) is 0.517. The minimum Gasteiger partial charge on any atom is -0.433 e. The molecule has 1 rings (SSSR count). The van der Waals surface area contributed by atoms with Crippen LogP contribution in [0.2, 0.25) is 52.4 Å². The number of halogens is 2. The highest BCUT2D eigenvalue weighted by atomic mass is 28.5. The molecule has 1 aromatic carbocycles. The fraction of sp³-hybridized carbons (Fsp3) is 0.625. The summed E-state index contributed by atoms with van der Waals surface area (Å²) in [6, 6.07) is 6.53. The molecule has 26 heavy (non-hydrogen) atoms. The van der Waals surface area contributed by atoms with Gasteiger partial charge in [-0.15, -0.1) is 0 Å². The average Bonchev–Trinajstić information content (AvgIpc) is 2.43. The van der Waals surface area contributed by atoms with Gasteiger partial charge in [0.1, 0.15) is 0 Å². The predicted octanol–water partition coefficient (Wildman–Crippen LogP) is 4.84. The molecule has 4 nitrogen and oxygen atoms in total. The Hall–Kier alpha value is -0.212. The summed E-state index contributed by atoms with van der Waals surface area (Å²) in [5.74, 6) is 0. The number of benzene rings is 1. The molecule has 0 fully saturated rings. The van der Waals surface area contributed by atoms with Crippen molar-refractivity contribution in [3.8, 4) is 0 Å². The van der Waals surface area contributed by atoms with Crippen molar-refractivity contribution in [2.75, 3.05) is 7.11 Å². The standard InChI is InChI=1S/C16H32F2O4Si4/c1-19-24(4,5)21-26(8,9)22-25(6,7)20-23(2,3)15-12-10-11-14(13-15)16(17)18/h10-13,16H,1-9H3. The maximum absolute atomic E-state index is 13.0. The topological polar surface area (TPSA) is 36.9 Å². The van der Waals surface area contributed by atoms with E-state index in [1.165, 1.54) is 6.07 Å². The molecule has 10 heteroatoms. The lowest BCUT2D eigenvalue weighted by atomic mass is 10.2. The molecular formula is C16H32F2O4Si4. The van der Waals surface area contributed by atoms with Crippen LogP contribution in [0.15, 0.2) is 24.3 Å². The van der Waals surface area contributed by atoms with Gasteiger partial charge < -0.3 is 16.8 Å². The minimum atomic E-state index is -2.54. The molecular weight excluding hydrogens is 407 g/mol. The fourth-order valence-corrected chi connectivity index (χ4v) is 20.3. The molecule has 0 saturated carbocycles. The van der Waals surface area contributed by atoms with Crippen LogP contribution in [0.1, 0.15) is 12.0 Å². The first-order chi connectivity index (χ1) is 11.6. The molecule has 0 saturated heterocycles. The van der Waals surface area contributed by atoms with Crippen molar-refractivity contribution in [2.45, 2.75) is 58.8 Å². The Bertz CT molecular complexity index is 610. The molecule has 0 atom stereocenters. The zero-order valence-electron chi connectivity index (χ0n) is 17.3. The Kier molecular flexibility index (Phi) is 7.73. The van der Waals surface area contributed by atoms with Crippen LogP contribution in [0.4, 0.5) is 8.78 Å². The molecule has 0 unspecified atom stereocenters. The van der Waals surface area contributed by atoms with Gasteiger partial charge in [0.2, 0.25) is 8.32 Å². The zero-order chi connectivity index (χ0) is 20.4. The smallest absolute Gasteiger partial charge is 0.322 e. The van der Waals surface area contributed by atoms with Crippen molar-refractivity contribution in [1.29, 1.82) is 0 Å². The van der Waals surface area contributed by atoms with E-state index in [2.05, 4.69) is 0 Å². The highest BCUT2D eigenvalue weighted by Gasteiger charge is 2.44. The van der Waals surface area contributed by atoms with Gasteiger partial charge in [0.05, 0.1) is 0 Å². The van der Waals surface area contributed by atoms with Crippen LogP contribution in [0.5, 0.6) is 0 Å². The molecule has 0 radical (unpaired) electrons. The zero-order valence-corrected chi connectivity index (χ0v) is 21.3. The normalized spacial score (nSPS) is 14.2. The largest absolute Gasteiger partial charge is 0.433 e. The molecule has 1 aromatic rings. The second-order valence-corrected chi connectivity index (χ2v) is 23.0. The predicted molar refractivity (Wildman–Crippen MR) is 111 cm³/mol. The number of rotatable bonds is 9. The van der Waals surface area contributed by atoms with Gasteiger partial charge in [0, 0.05) is 12.7 Å². The summed E-state index contributed by atoms with van der Waals surface area (Å²) >= 11 is 0. The lowest BCUT2D eigenvalue weighted by Crippen LogP contribution is -2.59. The van der Waals surface area contributed by atoms with E-state index in [-0.39, 0.29) is 5.56 Å². The van der Waals surface area contributed by atoms with E-state index in [4.69, 9.17) is 16.8 Å². The molecule has 0 N–H and O–H groups in total. The summed E-state index contributed by atoms with van der Waals surface area (Å²) in [6.07, 6.45) is -2.48. The van der Waals surface area contributed by atoms with Gasteiger partial charge in [-0.2, -0.15) is 0 Å². The van der Waals surface area contributed by atoms with Crippen molar-refractivity contribution in [2.24, 2.45) is 0 Å². The van der Waals surface area contributed by atoms with E-state index in [0.717, 1.165) is 5.19 Å². The maximum atomic E-state index is 13.0. The van der Waals surface area contributed by atoms with Gasteiger partial charge in [-0.25, -0.2) is 8.78 Å². The summed E-state index contributed by atoms with van der Waals surface area (Å²) in [5.41, 5.74) is 0.0259. The van der Waals surface area contributed by atoms with E-state index in [0.29, 0.717) is 0 Å². The summed E-state index contributed by atoms with van der Waals surface area (Å²) in [4.78, 5) is 0. The molecule has 0 aromatic heterocycles. The summed E-state index contributed by atoms with van der Waals surface area (Å²) in [7, 11) is -7.96. The lowest BCUT2D eigenvalue weighted by molar-refractivity contribution is 0.151. The fourth-order valence-electron chi connectivity index (χ4n) is 2.99. The number of hydrogen-bond donors (Lipinski definition) is 0. The summed E-state index contributed by atoms with van der Waals surface area (Å²) in [6.45, 7) is 15.9. The molecule has 0 aliphatic heterocycles. The molecule has 0 aliphatic carbocycles. The molecule has 150 valence electrons. The first-order valence-corrected chi connectivity index (χ1v) is 20.0. The van der Waals surface area contributed by atoms with Crippen LogP contribution in [-0.2, 0) is 16.8 Å². The van der Waals surface area contributed by atoms with Crippen LogP contribution < -0.4 is 5.19 Å². The first kappa shape index (κ1) is 23.8. The Labute approximate surface area is 160 Å². The van der Waals surface area contributed by atoms with Crippen LogP contribution in [0.25, 0.3) is 0 Å². The van der Waals surface area contributed by atoms with Crippen LogP contribution in [0.3, 0.4) is 0 Å². The van der Waals surface area contributed by atoms with E-state index in [1.54, 1.807) is 19.2 Å². The highest BCUT2D eigenvalue weighted by Crippen LogP contribution is 2.25. The van der Waals surface area contributed by atoms with Gasteiger partial charge in [-0.1, -0.05) is 24.3 Å². The molecule has 0 bridgehead atoms. The minimum absolute atomic E-state index is 0.0259. The SMILES string of the molecule is CO[Si](C)(C)O[Si](C)(C)O[Si](C)(C)O[Si](C)(C)c1cccc(C(F)F)c1. The van der Waals surface area contributed by atoms with Crippen LogP contribution in [0, 0.1) is 0 Å². The average molecular weight is 439 g/mol. The summed E-state index contributed by atoms with van der Waals surface area (Å²) in [5, 5.41) is 0.839. The third-order valence-electron chi connectivity index (χ3n) is 3.81. The van der Waals surface area contributed by atoms with Crippen molar-refractivity contribution in [3.63, 3.8) is 0 Å². The second-order valence-electron chi connectivity index (χ2n) is 8.15. The van der Waals surface area contributed by atoms with Gasteiger partial charge in [0.25, 0.3) is 6.43 Å².